The molecule has 2 fully saturated rings. The molecule has 1 aliphatic heterocycles. The third kappa shape index (κ3) is 3.04. The zero-order chi connectivity index (χ0) is 11.4. The highest BCUT2D eigenvalue weighted by molar-refractivity contribution is 7.99. The van der Waals surface area contributed by atoms with E-state index >= 15 is 0 Å². The number of nitrogens with zero attached hydrogens (tertiary/aromatic N) is 2. The van der Waals surface area contributed by atoms with Crippen molar-refractivity contribution in [1.29, 1.82) is 0 Å². The summed E-state index contributed by atoms with van der Waals surface area (Å²) in [5.74, 6) is 3.28. The minimum Gasteiger partial charge on any atom is -0.393 e. The summed E-state index contributed by atoms with van der Waals surface area (Å²) in [7, 11) is 0. The third-order valence-electron chi connectivity index (χ3n) is 3.44. The smallest absolute Gasteiger partial charge is 0.191 e. The molecule has 0 spiro atoms. The predicted octanol–water partition coefficient (Wildman–Crippen LogP) is 0.511. The summed E-state index contributed by atoms with van der Waals surface area (Å²) >= 11 is 1.97. The second kappa shape index (κ2) is 5.77. The molecule has 3 N–H and O–H groups in total. The van der Waals surface area contributed by atoms with Gasteiger partial charge in [0.05, 0.1) is 6.10 Å². The van der Waals surface area contributed by atoms with Crippen LogP contribution < -0.4 is 5.73 Å². The van der Waals surface area contributed by atoms with Crippen LogP contribution in [0.25, 0.3) is 0 Å². The van der Waals surface area contributed by atoms with Crippen LogP contribution in [0.1, 0.15) is 19.3 Å². The Morgan fingerprint density at radius 1 is 1.38 bits per heavy atom. The molecule has 0 aromatic heterocycles. The number of aliphatic hydroxyl groups excluding tert-OH is 1. The van der Waals surface area contributed by atoms with Gasteiger partial charge in [0.1, 0.15) is 0 Å². The highest BCUT2D eigenvalue weighted by Gasteiger charge is 2.25. The predicted molar refractivity (Wildman–Crippen MR) is 68.7 cm³/mol. The number of hydrogen-bond donors (Lipinski definition) is 2. The van der Waals surface area contributed by atoms with E-state index in [1.165, 1.54) is 0 Å². The van der Waals surface area contributed by atoms with Crippen molar-refractivity contribution in [3.8, 4) is 0 Å². The Bertz CT molecular complexity index is 254. The minimum atomic E-state index is -0.159. The van der Waals surface area contributed by atoms with Crippen molar-refractivity contribution in [3.63, 3.8) is 0 Å². The molecule has 1 saturated heterocycles. The first-order valence-corrected chi connectivity index (χ1v) is 7.23. The van der Waals surface area contributed by atoms with Crippen molar-refractivity contribution in [3.05, 3.63) is 0 Å². The van der Waals surface area contributed by atoms with E-state index in [0.717, 1.165) is 43.9 Å². The number of rotatable bonds is 2. The maximum Gasteiger partial charge on any atom is 0.191 e. The Balaban J connectivity index is 1.81. The minimum absolute atomic E-state index is 0.159. The maximum absolute atomic E-state index is 9.69. The Morgan fingerprint density at radius 2 is 2.12 bits per heavy atom. The molecule has 0 radical (unpaired) electrons. The summed E-state index contributed by atoms with van der Waals surface area (Å²) in [6, 6.07) is 0. The Kier molecular flexibility index (Phi) is 4.35. The summed E-state index contributed by atoms with van der Waals surface area (Å²) in [6.07, 6.45) is 2.99. The van der Waals surface area contributed by atoms with Crippen molar-refractivity contribution in [2.45, 2.75) is 25.4 Å². The van der Waals surface area contributed by atoms with Gasteiger partial charge in [0, 0.05) is 37.1 Å². The van der Waals surface area contributed by atoms with Crippen molar-refractivity contribution in [2.75, 3.05) is 31.1 Å². The topological polar surface area (TPSA) is 61.9 Å². The zero-order valence-corrected chi connectivity index (χ0v) is 10.5. The Morgan fingerprint density at radius 3 is 2.75 bits per heavy atom. The van der Waals surface area contributed by atoms with Gasteiger partial charge in [-0.2, -0.15) is 11.8 Å². The van der Waals surface area contributed by atoms with Crippen molar-refractivity contribution < 1.29 is 5.11 Å². The molecular weight excluding hydrogens is 222 g/mol. The fourth-order valence-electron chi connectivity index (χ4n) is 2.33. The molecule has 2 unspecified atom stereocenters. The summed E-state index contributed by atoms with van der Waals surface area (Å²) in [4.78, 5) is 6.58. The van der Waals surface area contributed by atoms with Crippen LogP contribution in [0.3, 0.4) is 0 Å². The van der Waals surface area contributed by atoms with Gasteiger partial charge in [-0.05, 0) is 12.8 Å². The van der Waals surface area contributed by atoms with Gasteiger partial charge in [0.25, 0.3) is 0 Å². The molecule has 4 nitrogen and oxygen atoms in total. The van der Waals surface area contributed by atoms with E-state index < -0.39 is 0 Å². The largest absolute Gasteiger partial charge is 0.393 e. The number of guanidine groups is 1. The van der Waals surface area contributed by atoms with E-state index in [1.807, 2.05) is 11.8 Å². The first kappa shape index (κ1) is 12.0. The summed E-state index contributed by atoms with van der Waals surface area (Å²) in [5, 5.41) is 9.69. The molecule has 92 valence electrons. The van der Waals surface area contributed by atoms with Crippen LogP contribution in [-0.4, -0.2) is 53.2 Å². The molecule has 0 aromatic carbocycles. The van der Waals surface area contributed by atoms with Crippen LogP contribution in [0.2, 0.25) is 0 Å². The Labute approximate surface area is 101 Å². The second-order valence-electron chi connectivity index (χ2n) is 4.56. The standard InChI is InChI=1S/C11H21N3OS/c12-11(14-4-6-16-7-5-14)13-8-9-2-1-3-10(9)15/h9-10,15H,1-8H2,(H2,12,13). The van der Waals surface area contributed by atoms with Crippen LogP contribution in [0.5, 0.6) is 0 Å². The second-order valence-corrected chi connectivity index (χ2v) is 5.78. The van der Waals surface area contributed by atoms with Gasteiger partial charge in [-0.25, -0.2) is 0 Å². The van der Waals surface area contributed by atoms with Gasteiger partial charge in [0.2, 0.25) is 0 Å². The molecule has 0 amide bonds. The molecule has 0 bridgehead atoms. The SMILES string of the molecule is NC(=NCC1CCCC1O)N1CCSCC1. The first-order chi connectivity index (χ1) is 7.77. The lowest BCUT2D eigenvalue weighted by atomic mass is 10.1. The monoisotopic (exact) mass is 243 g/mol. The zero-order valence-electron chi connectivity index (χ0n) is 9.64. The molecule has 2 rings (SSSR count). The number of hydrogen-bond acceptors (Lipinski definition) is 3. The molecule has 16 heavy (non-hydrogen) atoms. The lowest BCUT2D eigenvalue weighted by Crippen LogP contribution is -2.43. The molecule has 5 heteroatoms. The van der Waals surface area contributed by atoms with Gasteiger partial charge in [-0.15, -0.1) is 0 Å². The van der Waals surface area contributed by atoms with Gasteiger partial charge >= 0.3 is 0 Å². The summed E-state index contributed by atoms with van der Waals surface area (Å²) < 4.78 is 0. The molecule has 1 heterocycles. The maximum atomic E-state index is 9.69. The Hall–Kier alpha value is -0.420. The van der Waals surface area contributed by atoms with Gasteiger partial charge in [-0.3, -0.25) is 4.99 Å². The van der Waals surface area contributed by atoms with Crippen LogP contribution in [0.4, 0.5) is 0 Å². The molecular formula is C11H21N3OS. The lowest BCUT2D eigenvalue weighted by Gasteiger charge is -2.27. The number of aliphatic hydroxyl groups is 1. The molecule has 1 saturated carbocycles. The van der Waals surface area contributed by atoms with Crippen molar-refractivity contribution in [2.24, 2.45) is 16.6 Å². The van der Waals surface area contributed by atoms with E-state index in [0.29, 0.717) is 18.4 Å². The summed E-state index contributed by atoms with van der Waals surface area (Å²) in [6.45, 7) is 2.71. The number of thioether (sulfide) groups is 1. The highest BCUT2D eigenvalue weighted by Crippen LogP contribution is 2.25. The van der Waals surface area contributed by atoms with Crippen LogP contribution in [0.15, 0.2) is 4.99 Å². The van der Waals surface area contributed by atoms with Gasteiger partial charge < -0.3 is 15.7 Å². The van der Waals surface area contributed by atoms with Gasteiger partial charge in [-0.1, -0.05) is 6.42 Å². The van der Waals surface area contributed by atoms with E-state index in [2.05, 4.69) is 9.89 Å². The van der Waals surface area contributed by atoms with E-state index in [1.54, 1.807) is 0 Å². The number of aliphatic imine (C=N–C) groups is 1. The molecule has 1 aliphatic carbocycles. The fourth-order valence-corrected chi connectivity index (χ4v) is 3.24. The van der Waals surface area contributed by atoms with Gasteiger partial charge in [0.15, 0.2) is 5.96 Å². The van der Waals surface area contributed by atoms with Crippen LogP contribution in [-0.2, 0) is 0 Å². The van der Waals surface area contributed by atoms with Crippen molar-refractivity contribution in [1.82, 2.24) is 4.90 Å². The average molecular weight is 243 g/mol. The highest BCUT2D eigenvalue weighted by atomic mass is 32.2. The molecule has 2 atom stereocenters. The van der Waals surface area contributed by atoms with E-state index in [-0.39, 0.29) is 6.10 Å². The summed E-state index contributed by atoms with van der Waals surface area (Å²) in [5.41, 5.74) is 5.96. The quantitative estimate of drug-likeness (QED) is 0.548. The van der Waals surface area contributed by atoms with Crippen LogP contribution in [0, 0.1) is 5.92 Å². The molecule has 0 aromatic rings. The van der Waals surface area contributed by atoms with Crippen molar-refractivity contribution >= 4 is 17.7 Å². The normalized spacial score (nSPS) is 32.1. The average Bonchev–Trinajstić information content (AvgIpc) is 2.73. The lowest BCUT2D eigenvalue weighted by molar-refractivity contribution is 0.136. The third-order valence-corrected chi connectivity index (χ3v) is 4.38. The molecule has 2 aliphatic rings. The van der Waals surface area contributed by atoms with Crippen LogP contribution >= 0.6 is 11.8 Å². The van der Waals surface area contributed by atoms with E-state index in [4.69, 9.17) is 5.73 Å². The van der Waals surface area contributed by atoms with E-state index in [9.17, 15) is 5.11 Å². The first-order valence-electron chi connectivity index (χ1n) is 6.08. The number of nitrogens with two attached hydrogens (primary N) is 1. The fraction of sp³-hybridized carbons (Fsp3) is 0.909.